The van der Waals surface area contributed by atoms with Crippen molar-refractivity contribution in [1.29, 1.82) is 0 Å². The Bertz CT molecular complexity index is 258. The van der Waals surface area contributed by atoms with Crippen LogP contribution in [-0.4, -0.2) is 6.04 Å². The second kappa shape index (κ2) is 3.45. The van der Waals surface area contributed by atoms with Gasteiger partial charge in [0.2, 0.25) is 0 Å². The summed E-state index contributed by atoms with van der Waals surface area (Å²) >= 11 is 0. The summed E-state index contributed by atoms with van der Waals surface area (Å²) < 4.78 is 0. The van der Waals surface area contributed by atoms with Crippen LogP contribution in [0.15, 0.2) is 23.9 Å². The fourth-order valence-electron chi connectivity index (χ4n) is 1.50. The zero-order valence-corrected chi connectivity index (χ0v) is 10.3. The Balaban J connectivity index is 2.80. The largest absolute Gasteiger partial charge is 0.381 e. The molecule has 0 saturated carbocycles. The Morgan fingerprint density at radius 3 is 2.07 bits per heavy atom. The summed E-state index contributed by atoms with van der Waals surface area (Å²) in [6.45, 7) is 13.5. The van der Waals surface area contributed by atoms with Gasteiger partial charge >= 0.3 is 0 Å². The second-order valence-corrected chi connectivity index (χ2v) is 6.20. The van der Waals surface area contributed by atoms with Gasteiger partial charge in [0.1, 0.15) is 0 Å². The Labute approximate surface area is 88.3 Å². The van der Waals surface area contributed by atoms with E-state index >= 15 is 0 Å². The molecule has 0 aliphatic carbocycles. The van der Waals surface area contributed by atoms with Crippen molar-refractivity contribution in [2.75, 3.05) is 0 Å². The van der Waals surface area contributed by atoms with Crippen LogP contribution < -0.4 is 5.32 Å². The molecular formula is C13H23N. The number of allylic oxidation sites excluding steroid dienone is 3. The van der Waals surface area contributed by atoms with Crippen molar-refractivity contribution in [3.8, 4) is 0 Å². The smallest absolute Gasteiger partial charge is 0.0493 e. The van der Waals surface area contributed by atoms with Crippen LogP contribution >= 0.6 is 0 Å². The molecule has 0 radical (unpaired) electrons. The minimum absolute atomic E-state index is 0.217. The first-order valence-electron chi connectivity index (χ1n) is 5.37. The summed E-state index contributed by atoms with van der Waals surface area (Å²) in [4.78, 5) is 0. The third-order valence-corrected chi connectivity index (χ3v) is 2.62. The van der Waals surface area contributed by atoms with Crippen LogP contribution in [0, 0.1) is 10.8 Å². The molecule has 14 heavy (non-hydrogen) atoms. The lowest BCUT2D eigenvalue weighted by Gasteiger charge is -2.36. The molecule has 1 rings (SSSR count). The summed E-state index contributed by atoms with van der Waals surface area (Å²) in [5.74, 6) is 0. The predicted octanol–water partition coefficient (Wildman–Crippen LogP) is 3.49. The van der Waals surface area contributed by atoms with Gasteiger partial charge in [-0.05, 0) is 11.5 Å². The molecule has 1 nitrogen and oxygen atoms in total. The Kier molecular flexibility index (Phi) is 2.80. The van der Waals surface area contributed by atoms with E-state index in [1.54, 1.807) is 0 Å². The van der Waals surface area contributed by atoms with Crippen LogP contribution in [0.2, 0.25) is 0 Å². The first-order valence-corrected chi connectivity index (χ1v) is 5.37. The van der Waals surface area contributed by atoms with Gasteiger partial charge in [0.15, 0.2) is 0 Å². The lowest BCUT2D eigenvalue weighted by molar-refractivity contribution is 0.305. The normalized spacial score (nSPS) is 23.0. The average molecular weight is 193 g/mol. The molecule has 1 heteroatoms. The molecule has 1 aliphatic heterocycles. The van der Waals surface area contributed by atoms with Gasteiger partial charge in [-0.1, -0.05) is 53.7 Å². The third kappa shape index (κ3) is 2.63. The number of hydrogen-bond acceptors (Lipinski definition) is 1. The third-order valence-electron chi connectivity index (χ3n) is 2.62. The van der Waals surface area contributed by atoms with Crippen molar-refractivity contribution in [2.45, 2.75) is 47.6 Å². The molecule has 1 aliphatic rings. The minimum atomic E-state index is 0.217. The highest BCUT2D eigenvalue weighted by Gasteiger charge is 2.27. The van der Waals surface area contributed by atoms with Crippen LogP contribution in [0.25, 0.3) is 0 Å². The minimum Gasteiger partial charge on any atom is -0.381 e. The molecule has 1 heterocycles. The van der Waals surface area contributed by atoms with Crippen LogP contribution in [0.1, 0.15) is 41.5 Å². The Morgan fingerprint density at radius 1 is 1.07 bits per heavy atom. The number of dihydropyridines is 1. The maximum atomic E-state index is 3.61. The molecule has 0 fully saturated rings. The van der Waals surface area contributed by atoms with E-state index in [0.717, 1.165) is 0 Å². The lowest BCUT2D eigenvalue weighted by atomic mass is 9.82. The van der Waals surface area contributed by atoms with Gasteiger partial charge in [-0.25, -0.2) is 0 Å². The molecule has 0 bridgehead atoms. The predicted molar refractivity (Wildman–Crippen MR) is 63.1 cm³/mol. The maximum Gasteiger partial charge on any atom is 0.0493 e. The maximum absolute atomic E-state index is 3.61. The van der Waals surface area contributed by atoms with E-state index in [4.69, 9.17) is 0 Å². The summed E-state index contributed by atoms with van der Waals surface area (Å²) in [5.41, 5.74) is 1.83. The summed E-state index contributed by atoms with van der Waals surface area (Å²) in [7, 11) is 0. The van der Waals surface area contributed by atoms with Crippen LogP contribution in [0.4, 0.5) is 0 Å². The van der Waals surface area contributed by atoms with Gasteiger partial charge < -0.3 is 5.32 Å². The van der Waals surface area contributed by atoms with Crippen LogP contribution in [0.3, 0.4) is 0 Å². The molecule has 0 aromatic carbocycles. The zero-order chi connectivity index (χ0) is 11.0. The number of rotatable bonds is 0. The van der Waals surface area contributed by atoms with Gasteiger partial charge in [0.05, 0.1) is 0 Å². The molecule has 1 unspecified atom stereocenters. The molecule has 1 N–H and O–H groups in total. The molecule has 0 aromatic rings. The monoisotopic (exact) mass is 193 g/mol. The van der Waals surface area contributed by atoms with Crippen molar-refractivity contribution >= 4 is 0 Å². The zero-order valence-electron chi connectivity index (χ0n) is 10.3. The molecule has 0 amide bonds. The van der Waals surface area contributed by atoms with Gasteiger partial charge in [-0.2, -0.15) is 0 Å². The van der Waals surface area contributed by atoms with E-state index in [1.807, 2.05) is 0 Å². The molecule has 1 atom stereocenters. The Morgan fingerprint density at radius 2 is 1.64 bits per heavy atom. The Hall–Kier alpha value is -0.720. The average Bonchev–Trinajstić information content (AvgIpc) is 2.01. The van der Waals surface area contributed by atoms with Crippen LogP contribution in [0.5, 0.6) is 0 Å². The van der Waals surface area contributed by atoms with E-state index < -0.39 is 0 Å². The fraction of sp³-hybridized carbons (Fsp3) is 0.692. The van der Waals surface area contributed by atoms with Crippen molar-refractivity contribution in [1.82, 2.24) is 5.32 Å². The first kappa shape index (κ1) is 11.4. The van der Waals surface area contributed by atoms with E-state index in [9.17, 15) is 0 Å². The SMILES string of the molecule is CC(C)(C)C1=CC=CC(C(C)(C)C)N1. The lowest BCUT2D eigenvalue weighted by Crippen LogP contribution is -2.42. The molecule has 0 aromatic heterocycles. The van der Waals surface area contributed by atoms with Crippen molar-refractivity contribution in [3.63, 3.8) is 0 Å². The molecule has 0 saturated heterocycles. The highest BCUT2D eigenvalue weighted by atomic mass is 15.0. The second-order valence-electron chi connectivity index (χ2n) is 6.20. The van der Waals surface area contributed by atoms with Crippen molar-refractivity contribution < 1.29 is 0 Å². The number of nitrogens with one attached hydrogen (secondary N) is 1. The highest BCUT2D eigenvalue weighted by molar-refractivity contribution is 5.25. The van der Waals surface area contributed by atoms with E-state index in [0.29, 0.717) is 6.04 Å². The molecule has 80 valence electrons. The van der Waals surface area contributed by atoms with E-state index in [2.05, 4.69) is 65.1 Å². The highest BCUT2D eigenvalue weighted by Crippen LogP contribution is 2.29. The van der Waals surface area contributed by atoms with Gasteiger partial charge in [-0.15, -0.1) is 0 Å². The quantitative estimate of drug-likeness (QED) is 0.621. The standard InChI is InChI=1S/C13H23N/c1-12(2,3)10-8-7-9-11(14-10)13(4,5)6/h7-10,14H,1-6H3. The summed E-state index contributed by atoms with van der Waals surface area (Å²) in [6.07, 6.45) is 6.60. The topological polar surface area (TPSA) is 12.0 Å². The molecular weight excluding hydrogens is 170 g/mol. The summed E-state index contributed by atoms with van der Waals surface area (Å²) in [5, 5.41) is 3.61. The van der Waals surface area contributed by atoms with Gasteiger partial charge in [0.25, 0.3) is 0 Å². The number of hydrogen-bond donors (Lipinski definition) is 1. The fourth-order valence-corrected chi connectivity index (χ4v) is 1.50. The molecule has 0 spiro atoms. The van der Waals surface area contributed by atoms with Gasteiger partial charge in [-0.3, -0.25) is 0 Å². The van der Waals surface area contributed by atoms with Gasteiger partial charge in [0, 0.05) is 17.2 Å². The van der Waals surface area contributed by atoms with Crippen LogP contribution in [-0.2, 0) is 0 Å². The first-order chi connectivity index (χ1) is 6.21. The van der Waals surface area contributed by atoms with Crippen molar-refractivity contribution in [2.24, 2.45) is 10.8 Å². The van der Waals surface area contributed by atoms with E-state index in [-0.39, 0.29) is 10.8 Å². The van der Waals surface area contributed by atoms with E-state index in [1.165, 1.54) is 5.70 Å². The summed E-state index contributed by atoms with van der Waals surface area (Å²) in [6, 6.07) is 0.446. The van der Waals surface area contributed by atoms with Crippen molar-refractivity contribution in [3.05, 3.63) is 23.9 Å².